The van der Waals surface area contributed by atoms with Gasteiger partial charge in [0.1, 0.15) is 0 Å². The highest BCUT2D eigenvalue weighted by atomic mass is 32.2. The van der Waals surface area contributed by atoms with E-state index in [2.05, 4.69) is 23.5 Å². The number of allylic oxidation sites excluding steroid dienone is 1. The predicted molar refractivity (Wildman–Crippen MR) is 113 cm³/mol. The zero-order valence-electron chi connectivity index (χ0n) is 15.9. The molecule has 29 heavy (non-hydrogen) atoms. The maximum Gasteiger partial charge on any atom is 0.233 e. The van der Waals surface area contributed by atoms with Crippen LogP contribution in [0, 0.1) is 11.3 Å². The smallest absolute Gasteiger partial charge is 0.233 e. The Morgan fingerprint density at radius 2 is 1.86 bits per heavy atom. The van der Waals surface area contributed by atoms with Crippen molar-refractivity contribution in [3.8, 4) is 6.07 Å². The first-order valence-corrected chi connectivity index (χ1v) is 10.6. The van der Waals surface area contributed by atoms with Gasteiger partial charge in [-0.25, -0.2) is 0 Å². The average Bonchev–Trinajstić information content (AvgIpc) is 2.77. The summed E-state index contributed by atoms with van der Waals surface area (Å²) < 4.78 is 0. The summed E-state index contributed by atoms with van der Waals surface area (Å²) in [5.41, 5.74) is 3.95. The molecule has 0 aliphatic carbocycles. The van der Waals surface area contributed by atoms with Gasteiger partial charge in [-0.3, -0.25) is 9.59 Å². The molecule has 2 aliphatic rings. The van der Waals surface area contributed by atoms with Crippen molar-refractivity contribution in [2.75, 3.05) is 12.3 Å². The third kappa shape index (κ3) is 4.20. The Hall–Kier alpha value is -3.04. The summed E-state index contributed by atoms with van der Waals surface area (Å²) in [7, 11) is 0. The lowest BCUT2D eigenvalue weighted by Crippen LogP contribution is -2.37. The topological polar surface area (TPSA) is 73.2 Å². The van der Waals surface area contributed by atoms with Gasteiger partial charge in [-0.1, -0.05) is 66.4 Å². The van der Waals surface area contributed by atoms with Crippen LogP contribution in [-0.4, -0.2) is 29.0 Å². The molecule has 6 heteroatoms. The molecule has 0 spiro atoms. The number of hydrogen-bond acceptors (Lipinski definition) is 4. The third-order valence-electron chi connectivity index (χ3n) is 5.38. The minimum absolute atomic E-state index is 0.0189. The number of benzene rings is 2. The Morgan fingerprint density at radius 1 is 1.14 bits per heavy atom. The number of amides is 2. The van der Waals surface area contributed by atoms with Gasteiger partial charge in [-0.15, -0.1) is 0 Å². The first-order valence-electron chi connectivity index (χ1n) is 9.62. The normalized spacial score (nSPS) is 18.7. The lowest BCUT2D eigenvalue weighted by Gasteiger charge is -2.29. The van der Waals surface area contributed by atoms with E-state index in [9.17, 15) is 14.9 Å². The number of nitrogens with zero attached hydrogens (tertiary/aromatic N) is 2. The van der Waals surface area contributed by atoms with Crippen LogP contribution in [0.4, 0.5) is 0 Å². The van der Waals surface area contributed by atoms with Crippen LogP contribution in [0.5, 0.6) is 0 Å². The highest BCUT2D eigenvalue weighted by Crippen LogP contribution is 2.36. The minimum Gasteiger partial charge on any atom is -0.337 e. The molecule has 2 aliphatic heterocycles. The predicted octanol–water partition coefficient (Wildman–Crippen LogP) is 3.34. The van der Waals surface area contributed by atoms with Crippen molar-refractivity contribution < 1.29 is 9.59 Å². The van der Waals surface area contributed by atoms with Crippen LogP contribution in [0.3, 0.4) is 0 Å². The second kappa shape index (κ2) is 8.54. The van der Waals surface area contributed by atoms with Crippen molar-refractivity contribution in [1.29, 1.82) is 5.26 Å². The molecule has 0 aromatic heterocycles. The number of fused-ring (bicyclic) bond motifs is 1. The number of nitrogens with one attached hydrogen (secondary N) is 1. The van der Waals surface area contributed by atoms with Crippen LogP contribution in [0.1, 0.15) is 29.0 Å². The van der Waals surface area contributed by atoms with Crippen LogP contribution in [0.2, 0.25) is 0 Å². The van der Waals surface area contributed by atoms with Gasteiger partial charge in [-0.05, 0) is 23.1 Å². The molecule has 0 saturated heterocycles. The first kappa shape index (κ1) is 19.3. The van der Waals surface area contributed by atoms with E-state index in [0.29, 0.717) is 23.7 Å². The quantitative estimate of drug-likeness (QED) is 0.850. The molecule has 5 nitrogen and oxygen atoms in total. The van der Waals surface area contributed by atoms with Gasteiger partial charge in [0.25, 0.3) is 0 Å². The summed E-state index contributed by atoms with van der Waals surface area (Å²) in [4.78, 5) is 26.9. The molecule has 2 aromatic rings. The summed E-state index contributed by atoms with van der Waals surface area (Å²) >= 11 is 1.25. The van der Waals surface area contributed by atoms with E-state index in [4.69, 9.17) is 0 Å². The molecular weight excluding hydrogens is 382 g/mol. The number of nitriles is 1. The van der Waals surface area contributed by atoms with Gasteiger partial charge in [0.15, 0.2) is 0 Å². The molecule has 0 saturated carbocycles. The highest BCUT2D eigenvalue weighted by Gasteiger charge is 2.30. The van der Waals surface area contributed by atoms with Crippen molar-refractivity contribution in [3.63, 3.8) is 0 Å². The van der Waals surface area contributed by atoms with Gasteiger partial charge in [0.2, 0.25) is 11.8 Å². The van der Waals surface area contributed by atoms with Gasteiger partial charge < -0.3 is 10.2 Å². The second-order valence-corrected chi connectivity index (χ2v) is 8.18. The molecule has 146 valence electrons. The molecule has 0 fully saturated rings. The van der Waals surface area contributed by atoms with E-state index in [0.717, 1.165) is 12.0 Å². The summed E-state index contributed by atoms with van der Waals surface area (Å²) in [6, 6.07) is 20.0. The zero-order chi connectivity index (χ0) is 20.2. The number of carbonyl (C=O) groups excluding carboxylic acids is 2. The second-order valence-electron chi connectivity index (χ2n) is 7.19. The summed E-state index contributed by atoms with van der Waals surface area (Å²) in [5.74, 6) is -0.177. The Morgan fingerprint density at radius 3 is 2.62 bits per heavy atom. The van der Waals surface area contributed by atoms with E-state index in [-0.39, 0.29) is 29.9 Å². The number of hydrogen-bond donors (Lipinski definition) is 1. The fourth-order valence-corrected chi connectivity index (χ4v) is 4.82. The maximum absolute atomic E-state index is 12.8. The lowest BCUT2D eigenvalue weighted by atomic mass is 9.87. The lowest BCUT2D eigenvalue weighted by molar-refractivity contribution is -0.129. The van der Waals surface area contributed by atoms with Crippen molar-refractivity contribution in [2.45, 2.75) is 25.3 Å². The molecule has 0 unspecified atom stereocenters. The average molecular weight is 404 g/mol. The van der Waals surface area contributed by atoms with Crippen molar-refractivity contribution in [3.05, 3.63) is 81.9 Å². The summed E-state index contributed by atoms with van der Waals surface area (Å²) in [5, 5.41) is 13.0. The Kier molecular flexibility index (Phi) is 5.68. The van der Waals surface area contributed by atoms with E-state index in [1.165, 1.54) is 22.9 Å². The van der Waals surface area contributed by atoms with Crippen molar-refractivity contribution >= 4 is 23.6 Å². The monoisotopic (exact) mass is 403 g/mol. The fraction of sp³-hybridized carbons (Fsp3) is 0.261. The number of carbonyl (C=O) groups is 2. The molecule has 2 amide bonds. The van der Waals surface area contributed by atoms with Crippen LogP contribution in [0.15, 0.2) is 65.2 Å². The molecule has 0 bridgehead atoms. The molecule has 1 atom stereocenters. The van der Waals surface area contributed by atoms with E-state index < -0.39 is 0 Å². The van der Waals surface area contributed by atoms with Crippen molar-refractivity contribution in [2.24, 2.45) is 0 Å². The van der Waals surface area contributed by atoms with Crippen molar-refractivity contribution in [1.82, 2.24) is 10.2 Å². The van der Waals surface area contributed by atoms with Crippen LogP contribution < -0.4 is 5.32 Å². The standard InChI is InChI=1S/C23H21N3O2S/c24-13-20-19(17-7-2-1-3-8-17)12-21(27)25-23(20)29-15-22(28)26-11-10-16-6-4-5-9-18(16)14-26/h1-9,19H,10-12,14-15H2,(H,25,27)/t19-/m0/s1. The maximum atomic E-state index is 12.8. The highest BCUT2D eigenvalue weighted by molar-refractivity contribution is 8.03. The van der Waals surface area contributed by atoms with Gasteiger partial charge in [-0.2, -0.15) is 5.26 Å². The number of thioether (sulfide) groups is 1. The van der Waals surface area contributed by atoms with E-state index >= 15 is 0 Å². The van der Waals surface area contributed by atoms with Gasteiger partial charge in [0.05, 0.1) is 22.4 Å². The van der Waals surface area contributed by atoms with Crippen LogP contribution in [0.25, 0.3) is 0 Å². The SMILES string of the molecule is N#CC1=C(SCC(=O)N2CCc3ccccc3C2)NC(=O)C[C@H]1c1ccccc1. The molecule has 2 heterocycles. The summed E-state index contributed by atoms with van der Waals surface area (Å²) in [6.45, 7) is 1.30. The Labute approximate surface area is 174 Å². The van der Waals surface area contributed by atoms with Crippen LogP contribution in [-0.2, 0) is 22.6 Å². The molecule has 1 N–H and O–H groups in total. The Balaban J connectivity index is 1.48. The molecule has 4 rings (SSSR count). The van der Waals surface area contributed by atoms with Crippen LogP contribution >= 0.6 is 11.8 Å². The van der Waals surface area contributed by atoms with Gasteiger partial charge in [0, 0.05) is 25.4 Å². The zero-order valence-corrected chi connectivity index (χ0v) is 16.7. The molecule has 2 aromatic carbocycles. The minimum atomic E-state index is -0.269. The summed E-state index contributed by atoms with van der Waals surface area (Å²) in [6.07, 6.45) is 1.10. The largest absolute Gasteiger partial charge is 0.337 e. The van der Waals surface area contributed by atoms with E-state index in [1.807, 2.05) is 47.4 Å². The van der Waals surface area contributed by atoms with E-state index in [1.54, 1.807) is 0 Å². The van der Waals surface area contributed by atoms with Gasteiger partial charge >= 0.3 is 0 Å². The molecular formula is C23H21N3O2S. The number of rotatable bonds is 4. The first-order chi connectivity index (χ1) is 14.2. The third-order valence-corrected chi connectivity index (χ3v) is 6.38. The fourth-order valence-electron chi connectivity index (χ4n) is 3.84. The molecule has 0 radical (unpaired) electrons. The Bertz CT molecular complexity index is 1010.